The van der Waals surface area contributed by atoms with E-state index in [0.29, 0.717) is 26.1 Å². The first-order valence-corrected chi connectivity index (χ1v) is 9.30. The Hall–Kier alpha value is -1.92. The fraction of sp³-hybridized carbons (Fsp3) is 0.600. The van der Waals surface area contributed by atoms with Crippen LogP contribution in [0.15, 0.2) is 24.3 Å². The summed E-state index contributed by atoms with van der Waals surface area (Å²) in [5.41, 5.74) is 0.637. The summed E-state index contributed by atoms with van der Waals surface area (Å²) in [5.74, 6) is 0.697. The van der Waals surface area contributed by atoms with Crippen LogP contribution < -0.4 is 0 Å². The number of carbonyl (C=O) groups is 1. The molecule has 6 heteroatoms. The number of para-hydroxylation sites is 2. The zero-order valence-corrected chi connectivity index (χ0v) is 16.2. The smallest absolute Gasteiger partial charge is 0.255 e. The molecular weight excluding hydrogens is 328 g/mol. The van der Waals surface area contributed by atoms with E-state index in [1.54, 1.807) is 0 Å². The molecule has 1 aliphatic heterocycles. The molecule has 0 saturated carbocycles. The van der Waals surface area contributed by atoms with Gasteiger partial charge in [-0.2, -0.15) is 0 Å². The number of rotatable bonds is 5. The van der Waals surface area contributed by atoms with Gasteiger partial charge in [0.2, 0.25) is 0 Å². The van der Waals surface area contributed by atoms with Crippen LogP contribution in [-0.4, -0.2) is 63.1 Å². The van der Waals surface area contributed by atoms with E-state index in [1.165, 1.54) is 0 Å². The first-order valence-electron chi connectivity index (χ1n) is 9.30. The molecule has 2 aromatic rings. The standard InChI is InChI=1S/C20H30N4O2/c1-19(2,3)13-24-11-7-10-20(26,18(24)25)14-23(4)12-17-21-15-8-5-6-9-16(15)22-17/h5-6,8-9,26H,7,10-14H2,1-4H3,(H,21,22). The molecule has 1 atom stereocenters. The maximum Gasteiger partial charge on any atom is 0.255 e. The molecule has 0 aliphatic carbocycles. The number of nitrogens with zero attached hydrogens (tertiary/aromatic N) is 3. The summed E-state index contributed by atoms with van der Waals surface area (Å²) in [5, 5.41) is 11.0. The fourth-order valence-electron chi connectivity index (χ4n) is 3.77. The number of aromatic amines is 1. The predicted octanol–water partition coefficient (Wildman–Crippen LogP) is 2.39. The molecule has 1 amide bonds. The van der Waals surface area contributed by atoms with Gasteiger partial charge in [0.05, 0.1) is 17.6 Å². The van der Waals surface area contributed by atoms with Crippen LogP contribution in [0, 0.1) is 5.41 Å². The van der Waals surface area contributed by atoms with Crippen LogP contribution in [-0.2, 0) is 11.3 Å². The molecule has 26 heavy (non-hydrogen) atoms. The van der Waals surface area contributed by atoms with E-state index < -0.39 is 5.60 Å². The lowest BCUT2D eigenvalue weighted by atomic mass is 9.88. The Morgan fingerprint density at radius 1 is 1.35 bits per heavy atom. The van der Waals surface area contributed by atoms with Gasteiger partial charge in [0.1, 0.15) is 5.82 Å². The lowest BCUT2D eigenvalue weighted by Gasteiger charge is -2.42. The molecule has 1 aromatic heterocycles. The van der Waals surface area contributed by atoms with Crippen molar-refractivity contribution in [1.29, 1.82) is 0 Å². The van der Waals surface area contributed by atoms with E-state index in [0.717, 1.165) is 29.8 Å². The van der Waals surface area contributed by atoms with Gasteiger partial charge in [-0.1, -0.05) is 32.9 Å². The molecule has 1 aliphatic rings. The molecule has 2 heterocycles. The molecule has 0 bridgehead atoms. The number of amides is 1. The molecular formula is C20H30N4O2. The summed E-state index contributed by atoms with van der Waals surface area (Å²) in [6, 6.07) is 7.90. The van der Waals surface area contributed by atoms with Gasteiger partial charge in [-0.15, -0.1) is 0 Å². The van der Waals surface area contributed by atoms with Gasteiger partial charge in [-0.25, -0.2) is 4.98 Å². The van der Waals surface area contributed by atoms with Crippen molar-refractivity contribution in [3.63, 3.8) is 0 Å². The van der Waals surface area contributed by atoms with Gasteiger partial charge < -0.3 is 15.0 Å². The Bertz CT molecular complexity index is 746. The number of hydrogen-bond acceptors (Lipinski definition) is 4. The molecule has 1 aromatic carbocycles. The van der Waals surface area contributed by atoms with Gasteiger partial charge in [-0.05, 0) is 37.4 Å². The average Bonchev–Trinajstić information content (AvgIpc) is 2.92. The van der Waals surface area contributed by atoms with E-state index in [9.17, 15) is 9.90 Å². The van der Waals surface area contributed by atoms with E-state index >= 15 is 0 Å². The quantitative estimate of drug-likeness (QED) is 0.861. The highest BCUT2D eigenvalue weighted by Crippen LogP contribution is 2.27. The summed E-state index contributed by atoms with van der Waals surface area (Å²) in [7, 11) is 1.92. The Morgan fingerprint density at radius 3 is 2.77 bits per heavy atom. The van der Waals surface area contributed by atoms with Crippen molar-refractivity contribution < 1.29 is 9.90 Å². The number of imidazole rings is 1. The number of piperidine rings is 1. The summed E-state index contributed by atoms with van der Waals surface area (Å²) in [6.07, 6.45) is 1.34. The Labute approximate surface area is 155 Å². The monoisotopic (exact) mass is 358 g/mol. The van der Waals surface area contributed by atoms with E-state index in [1.807, 2.05) is 41.1 Å². The normalized spacial score (nSPS) is 21.8. The van der Waals surface area contributed by atoms with Crippen molar-refractivity contribution in [2.45, 2.75) is 45.8 Å². The summed E-state index contributed by atoms with van der Waals surface area (Å²) in [6.45, 7) is 8.60. The summed E-state index contributed by atoms with van der Waals surface area (Å²) < 4.78 is 0. The SMILES string of the molecule is CN(Cc1nc2ccccc2[nH]1)CC1(O)CCCN(CC(C)(C)C)C1=O. The highest BCUT2D eigenvalue weighted by molar-refractivity contribution is 5.86. The molecule has 1 unspecified atom stereocenters. The lowest BCUT2D eigenvalue weighted by molar-refractivity contribution is -0.160. The highest BCUT2D eigenvalue weighted by atomic mass is 16.3. The number of aromatic nitrogens is 2. The predicted molar refractivity (Wildman–Crippen MR) is 103 cm³/mol. The first-order chi connectivity index (χ1) is 12.2. The molecule has 142 valence electrons. The van der Waals surface area contributed by atoms with Crippen molar-refractivity contribution in [1.82, 2.24) is 19.8 Å². The minimum atomic E-state index is -1.32. The number of carbonyl (C=O) groups excluding carboxylic acids is 1. The average molecular weight is 358 g/mol. The number of likely N-dealkylation sites (tertiary alicyclic amines) is 1. The number of benzene rings is 1. The number of hydrogen-bond donors (Lipinski definition) is 2. The lowest BCUT2D eigenvalue weighted by Crippen LogP contribution is -2.59. The third kappa shape index (κ3) is 4.24. The second-order valence-corrected chi connectivity index (χ2v) is 8.80. The highest BCUT2D eigenvalue weighted by Gasteiger charge is 2.43. The van der Waals surface area contributed by atoms with Crippen LogP contribution in [0.5, 0.6) is 0 Å². The second-order valence-electron chi connectivity index (χ2n) is 8.80. The van der Waals surface area contributed by atoms with Crippen molar-refractivity contribution in [2.75, 3.05) is 26.7 Å². The largest absolute Gasteiger partial charge is 0.379 e. The minimum absolute atomic E-state index is 0.0219. The zero-order valence-electron chi connectivity index (χ0n) is 16.2. The van der Waals surface area contributed by atoms with Crippen LogP contribution in [0.2, 0.25) is 0 Å². The number of nitrogens with one attached hydrogen (secondary N) is 1. The fourth-order valence-corrected chi connectivity index (χ4v) is 3.77. The molecule has 1 fully saturated rings. The zero-order chi connectivity index (χ0) is 18.9. The number of H-pyrrole nitrogens is 1. The van der Waals surface area contributed by atoms with Gasteiger partial charge in [0, 0.05) is 19.6 Å². The molecule has 2 N–H and O–H groups in total. The first kappa shape index (κ1) is 18.9. The van der Waals surface area contributed by atoms with Crippen LogP contribution in [0.25, 0.3) is 11.0 Å². The Balaban J connectivity index is 1.66. The Kier molecular flexibility index (Phi) is 5.08. The third-order valence-electron chi connectivity index (χ3n) is 4.76. The van der Waals surface area contributed by atoms with Gasteiger partial charge in [0.15, 0.2) is 5.60 Å². The number of aliphatic hydroxyl groups is 1. The van der Waals surface area contributed by atoms with Crippen LogP contribution >= 0.6 is 0 Å². The Morgan fingerprint density at radius 2 is 2.08 bits per heavy atom. The minimum Gasteiger partial charge on any atom is -0.379 e. The van der Waals surface area contributed by atoms with Crippen molar-refractivity contribution in [3.8, 4) is 0 Å². The molecule has 0 radical (unpaired) electrons. The second kappa shape index (κ2) is 7.00. The van der Waals surface area contributed by atoms with Crippen LogP contribution in [0.1, 0.15) is 39.4 Å². The van der Waals surface area contributed by atoms with Crippen molar-refractivity contribution in [2.24, 2.45) is 5.41 Å². The molecule has 1 saturated heterocycles. The molecule has 3 rings (SSSR count). The topological polar surface area (TPSA) is 72.5 Å². The molecule has 6 nitrogen and oxygen atoms in total. The van der Waals surface area contributed by atoms with E-state index in [-0.39, 0.29) is 11.3 Å². The maximum absolute atomic E-state index is 12.9. The third-order valence-corrected chi connectivity index (χ3v) is 4.76. The molecule has 0 spiro atoms. The summed E-state index contributed by atoms with van der Waals surface area (Å²) >= 11 is 0. The van der Waals surface area contributed by atoms with Gasteiger partial charge in [0.25, 0.3) is 5.91 Å². The van der Waals surface area contributed by atoms with Gasteiger partial charge in [-0.3, -0.25) is 9.69 Å². The van der Waals surface area contributed by atoms with Crippen molar-refractivity contribution >= 4 is 16.9 Å². The van der Waals surface area contributed by atoms with Crippen LogP contribution in [0.4, 0.5) is 0 Å². The van der Waals surface area contributed by atoms with E-state index in [2.05, 4.69) is 30.7 Å². The van der Waals surface area contributed by atoms with Gasteiger partial charge >= 0.3 is 0 Å². The number of likely N-dealkylation sites (N-methyl/N-ethyl adjacent to an activating group) is 1. The summed E-state index contributed by atoms with van der Waals surface area (Å²) in [4.78, 5) is 24.5. The van der Waals surface area contributed by atoms with Crippen LogP contribution in [0.3, 0.4) is 0 Å². The maximum atomic E-state index is 12.9. The number of fused-ring (bicyclic) bond motifs is 1. The van der Waals surface area contributed by atoms with E-state index in [4.69, 9.17) is 0 Å². The van der Waals surface area contributed by atoms with Crippen molar-refractivity contribution in [3.05, 3.63) is 30.1 Å².